The number of hydrogen-bond donors (Lipinski definition) is 4. The van der Waals surface area contributed by atoms with E-state index in [2.05, 4.69) is 27.4 Å². The van der Waals surface area contributed by atoms with Crippen molar-refractivity contribution in [3.63, 3.8) is 0 Å². The molecule has 1 aliphatic carbocycles. The molecule has 0 bridgehead atoms. The van der Waals surface area contributed by atoms with E-state index < -0.39 is 15.3 Å². The lowest BCUT2D eigenvalue weighted by Gasteiger charge is -2.41. The van der Waals surface area contributed by atoms with E-state index >= 15 is 0 Å². The maximum absolute atomic E-state index is 11.6. The number of hydrogen-bond acceptors (Lipinski definition) is 8. The lowest BCUT2D eigenvalue weighted by atomic mass is 10.1. The Bertz CT molecular complexity index is 1240. The van der Waals surface area contributed by atoms with Gasteiger partial charge in [0.25, 0.3) is 0 Å². The van der Waals surface area contributed by atoms with Crippen LogP contribution in [0.3, 0.4) is 0 Å². The summed E-state index contributed by atoms with van der Waals surface area (Å²) in [6, 6.07) is 12.3. The average molecular weight is 511 g/mol. The van der Waals surface area contributed by atoms with Gasteiger partial charge in [0.05, 0.1) is 29.8 Å². The highest BCUT2D eigenvalue weighted by molar-refractivity contribution is 8.25. The first-order valence-electron chi connectivity index (χ1n) is 11.8. The van der Waals surface area contributed by atoms with Crippen molar-refractivity contribution in [2.24, 2.45) is 0 Å². The molecule has 2 fully saturated rings. The summed E-state index contributed by atoms with van der Waals surface area (Å²) in [6.45, 7) is 3.94. The van der Waals surface area contributed by atoms with Crippen molar-refractivity contribution in [2.75, 3.05) is 37.0 Å². The molecule has 4 N–H and O–H groups in total. The molecule has 0 unspecified atom stereocenters. The van der Waals surface area contributed by atoms with Gasteiger partial charge in [-0.3, -0.25) is 14.1 Å². The summed E-state index contributed by atoms with van der Waals surface area (Å²) in [6.07, 6.45) is 4.36. The van der Waals surface area contributed by atoms with Crippen LogP contribution in [-0.2, 0) is 9.48 Å². The summed E-state index contributed by atoms with van der Waals surface area (Å²) in [5.74, 6) is 1.22. The molecule has 190 valence electrons. The predicted molar refractivity (Wildman–Crippen MR) is 139 cm³/mol. The number of benzene rings is 1. The molecule has 11 heteroatoms. The molecule has 3 aromatic rings. The molecule has 1 aliphatic heterocycles. The highest BCUT2D eigenvalue weighted by atomic mass is 32.3. The number of nitrogens with one attached hydrogen (secondary N) is 2. The monoisotopic (exact) mass is 510 g/mol. The number of carbonyl (C=O) groups excluding carboxylic acids is 1. The number of amides is 2. The van der Waals surface area contributed by atoms with E-state index in [9.17, 15) is 13.9 Å². The molecule has 5 rings (SSSR count). The normalized spacial score (nSPS) is 19.4. The zero-order valence-electron chi connectivity index (χ0n) is 20.2. The fraction of sp³-hybridized carbons (Fsp3) is 0.360. The van der Waals surface area contributed by atoms with Crippen LogP contribution in [-0.4, -0.2) is 62.9 Å². The Kier molecular flexibility index (Phi) is 6.56. The van der Waals surface area contributed by atoms with E-state index in [0.29, 0.717) is 54.7 Å². The highest BCUT2D eigenvalue weighted by Crippen LogP contribution is 2.75. The SMILES string of the molecule is CNC(=O)Nc1ccc(-c2nc(N3CCOC[C@@H]3C)cc(C3(S(O)(O)c4ccncc4)CC3)n2)cc1. The van der Waals surface area contributed by atoms with Gasteiger partial charge in [0.1, 0.15) is 10.6 Å². The van der Waals surface area contributed by atoms with Crippen LogP contribution >= 0.6 is 10.6 Å². The molecule has 1 atom stereocenters. The van der Waals surface area contributed by atoms with Gasteiger partial charge in [-0.15, -0.1) is 0 Å². The molecular formula is C25H30N6O4S. The average Bonchev–Trinajstić information content (AvgIpc) is 3.72. The van der Waals surface area contributed by atoms with Gasteiger partial charge >= 0.3 is 6.03 Å². The summed E-state index contributed by atoms with van der Waals surface area (Å²) in [4.78, 5) is 28.0. The Morgan fingerprint density at radius 2 is 1.86 bits per heavy atom. The number of morpholine rings is 1. The zero-order valence-corrected chi connectivity index (χ0v) is 21.0. The number of nitrogens with zero attached hydrogens (tertiary/aromatic N) is 4. The maximum Gasteiger partial charge on any atom is 0.318 e. The topological polar surface area (TPSA) is 133 Å². The van der Waals surface area contributed by atoms with E-state index in [-0.39, 0.29) is 12.1 Å². The first kappa shape index (κ1) is 24.4. The molecule has 1 saturated carbocycles. The van der Waals surface area contributed by atoms with Crippen LogP contribution in [0.1, 0.15) is 25.5 Å². The number of urea groups is 1. The second kappa shape index (κ2) is 9.66. The highest BCUT2D eigenvalue weighted by Gasteiger charge is 2.57. The molecule has 2 aliphatic rings. The van der Waals surface area contributed by atoms with Crippen molar-refractivity contribution in [3.8, 4) is 11.4 Å². The van der Waals surface area contributed by atoms with Gasteiger partial charge in [0.2, 0.25) is 0 Å². The third kappa shape index (κ3) is 4.50. The Morgan fingerprint density at radius 3 is 2.50 bits per heavy atom. The molecule has 0 radical (unpaired) electrons. The van der Waals surface area contributed by atoms with Crippen molar-refractivity contribution in [3.05, 3.63) is 60.6 Å². The van der Waals surface area contributed by atoms with Crippen LogP contribution in [0, 0.1) is 0 Å². The van der Waals surface area contributed by atoms with Gasteiger partial charge in [-0.2, -0.15) is 10.6 Å². The molecule has 10 nitrogen and oxygen atoms in total. The standard InChI is InChI=1S/C25H30N6O4S/c1-17-16-35-14-13-31(17)22-15-21(25(9-10-25)36(33,34)20-7-11-27-12-8-20)29-23(30-22)18-3-5-19(6-4-18)28-24(32)26-2/h3-8,11-12,15,17,33-34H,9-10,13-14,16H2,1-2H3,(H2,26,28,32)/t17-/m0/s1. The predicted octanol–water partition coefficient (Wildman–Crippen LogP) is 4.31. The number of aromatic nitrogens is 3. The first-order chi connectivity index (χ1) is 17.3. The van der Waals surface area contributed by atoms with Crippen molar-refractivity contribution in [1.82, 2.24) is 20.3 Å². The Morgan fingerprint density at radius 1 is 1.14 bits per heavy atom. The van der Waals surface area contributed by atoms with Crippen molar-refractivity contribution < 1.29 is 18.6 Å². The minimum Gasteiger partial charge on any atom is -0.377 e. The zero-order chi connectivity index (χ0) is 25.3. The Hall–Kier alpha value is -3.25. The molecule has 36 heavy (non-hydrogen) atoms. The number of carbonyl (C=O) groups is 1. The van der Waals surface area contributed by atoms with E-state index in [1.807, 2.05) is 18.2 Å². The first-order valence-corrected chi connectivity index (χ1v) is 13.4. The summed E-state index contributed by atoms with van der Waals surface area (Å²) in [7, 11) is -1.63. The van der Waals surface area contributed by atoms with Gasteiger partial charge in [0, 0.05) is 43.3 Å². The van der Waals surface area contributed by atoms with Gasteiger partial charge in [-0.25, -0.2) is 14.8 Å². The fourth-order valence-electron chi connectivity index (χ4n) is 4.46. The van der Waals surface area contributed by atoms with Gasteiger partial charge in [-0.05, 0) is 56.2 Å². The van der Waals surface area contributed by atoms with Crippen LogP contribution in [0.5, 0.6) is 0 Å². The van der Waals surface area contributed by atoms with Crippen LogP contribution in [0.2, 0.25) is 0 Å². The van der Waals surface area contributed by atoms with E-state index in [1.54, 1.807) is 43.7 Å². The minimum absolute atomic E-state index is 0.115. The lowest BCUT2D eigenvalue weighted by molar-refractivity contribution is 0.0985. The Labute approximate surface area is 211 Å². The van der Waals surface area contributed by atoms with Gasteiger partial charge in [0.15, 0.2) is 5.82 Å². The van der Waals surface area contributed by atoms with Crippen LogP contribution in [0.25, 0.3) is 11.4 Å². The van der Waals surface area contributed by atoms with E-state index in [0.717, 1.165) is 11.4 Å². The van der Waals surface area contributed by atoms with E-state index in [1.165, 1.54) is 0 Å². The quantitative estimate of drug-likeness (QED) is 0.386. The molecule has 2 amide bonds. The fourth-order valence-corrected chi connectivity index (χ4v) is 6.48. The second-order valence-corrected chi connectivity index (χ2v) is 11.4. The number of pyridine rings is 1. The minimum atomic E-state index is -3.19. The van der Waals surface area contributed by atoms with Gasteiger partial charge in [-0.1, -0.05) is 0 Å². The summed E-state index contributed by atoms with van der Waals surface area (Å²) in [5.41, 5.74) is 2.02. The van der Waals surface area contributed by atoms with Crippen molar-refractivity contribution >= 4 is 28.1 Å². The smallest absolute Gasteiger partial charge is 0.318 e. The molecular weight excluding hydrogens is 480 g/mol. The second-order valence-electron chi connectivity index (χ2n) is 9.06. The number of ether oxygens (including phenoxy) is 1. The molecule has 3 heterocycles. The van der Waals surface area contributed by atoms with Crippen molar-refractivity contribution in [2.45, 2.75) is 35.4 Å². The Balaban J connectivity index is 1.57. The van der Waals surface area contributed by atoms with Crippen molar-refractivity contribution in [1.29, 1.82) is 0 Å². The van der Waals surface area contributed by atoms with E-state index in [4.69, 9.17) is 14.7 Å². The summed E-state index contributed by atoms with van der Waals surface area (Å²) >= 11 is 0. The van der Waals surface area contributed by atoms with Crippen LogP contribution < -0.4 is 15.5 Å². The third-order valence-electron chi connectivity index (χ3n) is 6.70. The maximum atomic E-state index is 11.6. The molecule has 0 spiro atoms. The number of anilines is 2. The molecule has 1 saturated heterocycles. The van der Waals surface area contributed by atoms with Gasteiger partial charge < -0.3 is 20.3 Å². The summed E-state index contributed by atoms with van der Waals surface area (Å²) < 4.78 is 27.7. The van der Waals surface area contributed by atoms with Crippen LogP contribution in [0.4, 0.5) is 16.3 Å². The third-order valence-corrected chi connectivity index (χ3v) is 9.33. The molecule has 2 aromatic heterocycles. The lowest BCUT2D eigenvalue weighted by Crippen LogP contribution is -2.44. The number of rotatable bonds is 6. The van der Waals surface area contributed by atoms with Crippen LogP contribution in [0.15, 0.2) is 59.8 Å². The molecule has 1 aromatic carbocycles. The summed E-state index contributed by atoms with van der Waals surface area (Å²) in [5, 5.41) is 5.27. The largest absolute Gasteiger partial charge is 0.377 e.